The van der Waals surface area contributed by atoms with E-state index in [1.165, 1.54) is 0 Å². The van der Waals surface area contributed by atoms with Crippen molar-refractivity contribution in [3.05, 3.63) is 0 Å². The maximum Gasteiger partial charge on any atom is 1.00 e. The smallest absolute Gasteiger partial charge is 0.745 e. The summed E-state index contributed by atoms with van der Waals surface area (Å²) in [7, 11) is -8.37. The van der Waals surface area contributed by atoms with Crippen molar-refractivity contribution in [2.75, 3.05) is 0 Å². The van der Waals surface area contributed by atoms with Crippen molar-refractivity contribution in [2.45, 2.75) is 40.5 Å². The van der Waals surface area contributed by atoms with Crippen molar-refractivity contribution >= 4 is 10.1 Å². The summed E-state index contributed by atoms with van der Waals surface area (Å²) in [5.74, 6) is -32.0. The van der Waals surface area contributed by atoms with Crippen molar-refractivity contribution in [3.63, 3.8) is 0 Å². The number of rotatable bonds is 1. The van der Waals surface area contributed by atoms with Crippen LogP contribution in [0.25, 0.3) is 0 Å². The summed E-state index contributed by atoms with van der Waals surface area (Å²) in [6, 6.07) is 0. The third kappa shape index (κ3) is 2.39. The molecule has 0 saturated heterocycles. The van der Waals surface area contributed by atoms with E-state index in [2.05, 4.69) is 0 Å². The van der Waals surface area contributed by atoms with Crippen molar-refractivity contribution in [1.29, 1.82) is 0 Å². The van der Waals surface area contributed by atoms with Gasteiger partial charge in [0.1, 0.15) is 10.1 Å². The van der Waals surface area contributed by atoms with Crippen molar-refractivity contribution in [1.82, 2.24) is 0 Å². The average Bonchev–Trinajstić information content (AvgIpc) is 2.31. The van der Waals surface area contributed by atoms with Crippen molar-refractivity contribution in [2.24, 2.45) is 0 Å². The molecule has 0 aromatic heterocycles. The van der Waals surface area contributed by atoms with E-state index in [1.807, 2.05) is 0 Å². The normalized spacial score (nSPS) is 36.4. The van der Waals surface area contributed by atoms with Crippen LogP contribution in [-0.4, -0.2) is 53.5 Å². The molecule has 0 heterocycles. The van der Waals surface area contributed by atoms with Crippen LogP contribution >= 0.6 is 0 Å². The summed E-state index contributed by atoms with van der Waals surface area (Å²) in [5.41, 5.74) is -8.21. The largest absolute Gasteiger partial charge is 1.00 e. The summed E-state index contributed by atoms with van der Waals surface area (Å²) >= 11 is 0. The van der Waals surface area contributed by atoms with E-state index >= 15 is 0 Å². The molecule has 0 spiro atoms. The van der Waals surface area contributed by atoms with Gasteiger partial charge in [-0.1, -0.05) is 0 Å². The van der Waals surface area contributed by atoms with Crippen LogP contribution in [0.3, 0.4) is 0 Å². The van der Waals surface area contributed by atoms with Gasteiger partial charge in [-0.3, -0.25) is 0 Å². The molecule has 2 unspecified atom stereocenters. The zero-order valence-corrected chi connectivity index (χ0v) is 15.0. The second kappa shape index (κ2) is 5.82. The quantitative estimate of drug-likeness (QED) is 0.322. The standard InChI is InChI=1S/C7HF13O3S.K/c8-1(7(18,19)20)2(9,10)3(11,12)4(13,14)5(15,16)6(1,17)24(21,22)23;/h(H,21,22,23);/q;+1/p-1. The van der Waals surface area contributed by atoms with Gasteiger partial charge in [-0.05, 0) is 0 Å². The van der Waals surface area contributed by atoms with E-state index in [1.54, 1.807) is 0 Å². The third-order valence-electron chi connectivity index (χ3n) is 3.20. The van der Waals surface area contributed by atoms with Crippen LogP contribution in [0.5, 0.6) is 0 Å². The number of halogens is 13. The Kier molecular flexibility index (Phi) is 5.97. The van der Waals surface area contributed by atoms with E-state index in [4.69, 9.17) is 0 Å². The van der Waals surface area contributed by atoms with Gasteiger partial charge in [0.05, 0.1) is 0 Å². The molecule has 0 N–H and O–H groups in total. The predicted octanol–water partition coefficient (Wildman–Crippen LogP) is 0.0268. The summed E-state index contributed by atoms with van der Waals surface area (Å²) in [6.45, 7) is 0. The minimum absolute atomic E-state index is 0. The van der Waals surface area contributed by atoms with Gasteiger partial charge >= 0.3 is 91.9 Å². The molecule has 0 bridgehead atoms. The Morgan fingerprint density at radius 1 is 0.640 bits per heavy atom. The maximum absolute atomic E-state index is 13.7. The van der Waals surface area contributed by atoms with Gasteiger partial charge in [0.2, 0.25) is 0 Å². The fourth-order valence-corrected chi connectivity index (χ4v) is 2.95. The molecule has 1 saturated carbocycles. The summed E-state index contributed by atoms with van der Waals surface area (Å²) in [4.78, 5) is 0. The molecule has 18 heteroatoms. The molecule has 0 aromatic rings. The Labute approximate surface area is 171 Å². The molecule has 1 fully saturated rings. The molecular formula is C7F13KO3S. The summed E-state index contributed by atoms with van der Waals surface area (Å²) < 4.78 is 199. The summed E-state index contributed by atoms with van der Waals surface area (Å²) in [5, 5.41) is -8.01. The zero-order valence-electron chi connectivity index (χ0n) is 11.0. The monoisotopic (exact) mass is 450 g/mol. The van der Waals surface area contributed by atoms with E-state index in [0.29, 0.717) is 0 Å². The van der Waals surface area contributed by atoms with Crippen molar-refractivity contribution in [3.8, 4) is 0 Å². The topological polar surface area (TPSA) is 57.2 Å². The maximum atomic E-state index is 13.7. The predicted molar refractivity (Wildman–Crippen MR) is 43.2 cm³/mol. The Bertz CT molecular complexity index is 657. The number of alkyl halides is 13. The second-order valence-corrected chi connectivity index (χ2v) is 5.97. The Hall–Kier alpha value is 0.636. The SMILES string of the molecule is O=S(=O)([O-])C1(F)C(F)(F)C(F)(F)C(F)(F)C(F)(F)C1(F)C(F)(F)F.[K+]. The zero-order chi connectivity index (χ0) is 20.0. The first-order valence-corrected chi connectivity index (χ1v) is 6.32. The molecule has 144 valence electrons. The van der Waals surface area contributed by atoms with Crippen LogP contribution in [0.2, 0.25) is 0 Å². The van der Waals surface area contributed by atoms with E-state index in [9.17, 15) is 70.0 Å². The molecule has 0 aliphatic heterocycles. The van der Waals surface area contributed by atoms with E-state index in [-0.39, 0.29) is 51.4 Å². The third-order valence-corrected chi connectivity index (χ3v) is 4.42. The van der Waals surface area contributed by atoms with Gasteiger partial charge in [0, 0.05) is 0 Å². The second-order valence-electron chi connectivity index (χ2n) is 4.50. The first-order chi connectivity index (χ1) is 10.0. The van der Waals surface area contributed by atoms with Gasteiger partial charge in [-0.25, -0.2) is 17.2 Å². The molecule has 1 rings (SSSR count). The Morgan fingerprint density at radius 2 is 0.920 bits per heavy atom. The fourth-order valence-electron chi connectivity index (χ4n) is 1.92. The molecular weight excluding hydrogens is 450 g/mol. The molecule has 25 heavy (non-hydrogen) atoms. The molecule has 0 aromatic carbocycles. The molecule has 3 nitrogen and oxygen atoms in total. The minimum atomic E-state index is -8.37. The minimum Gasteiger partial charge on any atom is -0.745 e. The Morgan fingerprint density at radius 3 is 1.16 bits per heavy atom. The first kappa shape index (κ1) is 25.6. The van der Waals surface area contributed by atoms with E-state index < -0.39 is 50.7 Å². The number of hydrogen-bond donors (Lipinski definition) is 0. The molecule has 0 radical (unpaired) electrons. The van der Waals surface area contributed by atoms with Gasteiger partial charge in [-0.15, -0.1) is 0 Å². The van der Waals surface area contributed by atoms with E-state index in [0.717, 1.165) is 0 Å². The van der Waals surface area contributed by atoms with Gasteiger partial charge in [0.15, 0.2) is 0 Å². The fraction of sp³-hybridized carbons (Fsp3) is 1.00. The molecule has 1 aliphatic rings. The molecule has 1 aliphatic carbocycles. The van der Waals surface area contributed by atoms with Crippen LogP contribution in [0.1, 0.15) is 0 Å². The van der Waals surface area contributed by atoms with Gasteiger partial charge in [0.25, 0.3) is 0 Å². The van der Waals surface area contributed by atoms with Crippen LogP contribution in [0, 0.1) is 0 Å². The Balaban J connectivity index is 0.00000576. The van der Waals surface area contributed by atoms with Gasteiger partial charge in [-0.2, -0.15) is 48.3 Å². The average molecular weight is 450 g/mol. The van der Waals surface area contributed by atoms with Crippen molar-refractivity contribution < 1.29 is 121 Å². The first-order valence-electron chi connectivity index (χ1n) is 4.91. The van der Waals surface area contributed by atoms with Crippen LogP contribution in [-0.2, 0) is 10.1 Å². The number of hydrogen-bond acceptors (Lipinski definition) is 3. The molecule has 2 atom stereocenters. The molecule has 0 amide bonds. The van der Waals surface area contributed by atoms with Crippen LogP contribution in [0.15, 0.2) is 0 Å². The summed E-state index contributed by atoms with van der Waals surface area (Å²) in [6.07, 6.45) is -7.95. The van der Waals surface area contributed by atoms with Crippen LogP contribution < -0.4 is 51.4 Å². The van der Waals surface area contributed by atoms with Crippen LogP contribution in [0.4, 0.5) is 57.1 Å². The van der Waals surface area contributed by atoms with Gasteiger partial charge < -0.3 is 4.55 Å².